The average molecular weight is 249 g/mol. The van der Waals surface area contributed by atoms with E-state index in [1.807, 2.05) is 12.1 Å². The van der Waals surface area contributed by atoms with Crippen LogP contribution >= 0.6 is 12.2 Å². The van der Waals surface area contributed by atoms with Crippen molar-refractivity contribution >= 4 is 18.1 Å². The summed E-state index contributed by atoms with van der Waals surface area (Å²) >= 11 is 5.10. The number of nitrogens with two attached hydrogens (primary N) is 1. The van der Waals surface area contributed by atoms with Gasteiger partial charge in [-0.15, -0.1) is 0 Å². The summed E-state index contributed by atoms with van der Waals surface area (Å²) in [5.74, 6) is 0.287. The zero-order valence-electron chi connectivity index (χ0n) is 8.96. The second-order valence-electron chi connectivity index (χ2n) is 3.46. The average Bonchev–Trinajstić information content (AvgIpc) is 2.69. The van der Waals surface area contributed by atoms with E-state index in [0.717, 1.165) is 5.56 Å². The fraction of sp³-hybridized carbons (Fsp3) is 0.200. The highest BCUT2D eigenvalue weighted by Gasteiger charge is 2.09. The number of hydrogen-bond acceptors (Lipinski definition) is 4. The molecule has 0 aliphatic heterocycles. The topological polar surface area (TPSA) is 89.6 Å². The summed E-state index contributed by atoms with van der Waals surface area (Å²) in [6.45, 7) is 0.412. The Kier molecular flexibility index (Phi) is 3.29. The van der Waals surface area contributed by atoms with E-state index in [-0.39, 0.29) is 12.3 Å². The van der Waals surface area contributed by atoms with Gasteiger partial charge in [-0.05, 0) is 24.4 Å². The van der Waals surface area contributed by atoms with Gasteiger partial charge < -0.3 is 5.73 Å². The summed E-state index contributed by atoms with van der Waals surface area (Å²) in [5, 5.41) is 6.81. The van der Waals surface area contributed by atoms with Gasteiger partial charge in [-0.3, -0.25) is 19.4 Å². The Balaban J connectivity index is 2.36. The van der Waals surface area contributed by atoms with Crippen LogP contribution in [0.4, 0.5) is 0 Å². The molecular weight excluding hydrogens is 238 g/mol. The van der Waals surface area contributed by atoms with Gasteiger partial charge in [0, 0.05) is 30.9 Å². The number of aromatic nitrogens is 4. The van der Waals surface area contributed by atoms with E-state index in [1.54, 1.807) is 17.0 Å². The van der Waals surface area contributed by atoms with Crippen molar-refractivity contribution in [3.8, 4) is 11.4 Å². The van der Waals surface area contributed by atoms with Gasteiger partial charge in [-0.25, -0.2) is 0 Å². The maximum absolute atomic E-state index is 10.8. The van der Waals surface area contributed by atoms with E-state index in [0.29, 0.717) is 17.1 Å². The molecule has 0 aromatic carbocycles. The van der Waals surface area contributed by atoms with Crippen LogP contribution in [-0.4, -0.2) is 25.7 Å². The molecule has 7 heteroatoms. The molecule has 0 fully saturated rings. The molecule has 0 radical (unpaired) electrons. The molecule has 0 atom stereocenters. The van der Waals surface area contributed by atoms with Crippen LogP contribution in [0.1, 0.15) is 6.42 Å². The molecule has 6 nitrogen and oxygen atoms in total. The second-order valence-corrected chi connectivity index (χ2v) is 3.85. The Morgan fingerprint density at radius 3 is 3.06 bits per heavy atom. The van der Waals surface area contributed by atoms with E-state index in [2.05, 4.69) is 15.2 Å². The van der Waals surface area contributed by atoms with Gasteiger partial charge in [-0.1, -0.05) is 0 Å². The lowest BCUT2D eigenvalue weighted by Gasteiger charge is -2.04. The fourth-order valence-electron chi connectivity index (χ4n) is 1.46. The molecule has 2 rings (SSSR count). The smallest absolute Gasteiger partial charge is 0.219 e. The number of H-pyrrole nitrogens is 1. The molecule has 0 aliphatic carbocycles. The third-order valence-electron chi connectivity index (χ3n) is 2.26. The van der Waals surface area contributed by atoms with Crippen LogP contribution in [0.3, 0.4) is 0 Å². The Morgan fingerprint density at radius 2 is 2.41 bits per heavy atom. The SMILES string of the molecule is NC(=O)CCn1c(-c2cccnc2)n[nH]c1=S. The molecule has 3 N–H and O–H groups in total. The first kappa shape index (κ1) is 11.5. The summed E-state index contributed by atoms with van der Waals surface area (Å²) < 4.78 is 2.20. The monoisotopic (exact) mass is 249 g/mol. The third-order valence-corrected chi connectivity index (χ3v) is 2.57. The lowest BCUT2D eigenvalue weighted by molar-refractivity contribution is -0.118. The van der Waals surface area contributed by atoms with Crippen molar-refractivity contribution in [2.75, 3.05) is 0 Å². The molecule has 0 unspecified atom stereocenters. The maximum Gasteiger partial charge on any atom is 0.219 e. The first-order chi connectivity index (χ1) is 8.18. The molecule has 0 saturated carbocycles. The molecule has 88 valence electrons. The molecule has 0 aliphatic rings. The first-order valence-corrected chi connectivity index (χ1v) is 5.43. The van der Waals surface area contributed by atoms with Crippen LogP contribution in [-0.2, 0) is 11.3 Å². The predicted octanol–water partition coefficient (Wildman–Crippen LogP) is 0.878. The quantitative estimate of drug-likeness (QED) is 0.787. The second kappa shape index (κ2) is 4.88. The van der Waals surface area contributed by atoms with Crippen molar-refractivity contribution < 1.29 is 4.79 Å². The van der Waals surface area contributed by atoms with Crippen molar-refractivity contribution in [1.29, 1.82) is 0 Å². The molecule has 0 saturated heterocycles. The predicted molar refractivity (Wildman–Crippen MR) is 64.5 cm³/mol. The largest absolute Gasteiger partial charge is 0.370 e. The van der Waals surface area contributed by atoms with Gasteiger partial charge in [0.05, 0.1) is 0 Å². The molecule has 17 heavy (non-hydrogen) atoms. The number of nitrogens with one attached hydrogen (secondary N) is 1. The van der Waals surface area contributed by atoms with Gasteiger partial charge in [0.15, 0.2) is 10.6 Å². The molecule has 0 spiro atoms. The van der Waals surface area contributed by atoms with Crippen molar-refractivity contribution in [1.82, 2.24) is 19.7 Å². The zero-order chi connectivity index (χ0) is 12.3. The molecule has 0 bridgehead atoms. The van der Waals surface area contributed by atoms with E-state index in [4.69, 9.17) is 18.0 Å². The minimum absolute atomic E-state index is 0.223. The number of hydrogen-bond donors (Lipinski definition) is 2. The van der Waals surface area contributed by atoms with E-state index in [9.17, 15) is 4.79 Å². The first-order valence-electron chi connectivity index (χ1n) is 5.02. The number of aromatic amines is 1. The van der Waals surface area contributed by atoms with Crippen molar-refractivity contribution in [2.45, 2.75) is 13.0 Å². The summed E-state index contributed by atoms with van der Waals surface area (Å²) in [6, 6.07) is 3.68. The van der Waals surface area contributed by atoms with E-state index in [1.165, 1.54) is 0 Å². The standard InChI is InChI=1S/C10H11N5OS/c11-8(16)3-5-15-9(13-14-10(15)17)7-2-1-4-12-6-7/h1-2,4,6H,3,5H2,(H2,11,16)(H,14,17). The van der Waals surface area contributed by atoms with Crippen LogP contribution < -0.4 is 5.73 Å². The van der Waals surface area contributed by atoms with E-state index >= 15 is 0 Å². The van der Waals surface area contributed by atoms with Gasteiger partial charge >= 0.3 is 0 Å². The lowest BCUT2D eigenvalue weighted by atomic mass is 10.2. The number of carbonyl (C=O) groups is 1. The van der Waals surface area contributed by atoms with Gasteiger partial charge in [-0.2, -0.15) is 5.10 Å². The minimum atomic E-state index is -0.370. The molecular formula is C10H11N5OS. The van der Waals surface area contributed by atoms with Crippen LogP contribution in [0.2, 0.25) is 0 Å². The Labute approximate surface area is 102 Å². The summed E-state index contributed by atoms with van der Waals surface area (Å²) in [7, 11) is 0. The minimum Gasteiger partial charge on any atom is -0.370 e. The lowest BCUT2D eigenvalue weighted by Crippen LogP contribution is -2.14. The van der Waals surface area contributed by atoms with Crippen LogP contribution in [0.5, 0.6) is 0 Å². The normalized spacial score (nSPS) is 10.4. The molecule has 2 aromatic heterocycles. The Morgan fingerprint density at radius 1 is 1.59 bits per heavy atom. The van der Waals surface area contributed by atoms with Crippen LogP contribution in [0, 0.1) is 4.77 Å². The number of rotatable bonds is 4. The number of carbonyl (C=O) groups excluding carboxylic acids is 1. The highest BCUT2D eigenvalue weighted by Crippen LogP contribution is 2.15. The third kappa shape index (κ3) is 2.56. The molecule has 1 amide bonds. The molecule has 2 heterocycles. The highest BCUT2D eigenvalue weighted by atomic mass is 32.1. The van der Waals surface area contributed by atoms with Gasteiger partial charge in [0.2, 0.25) is 5.91 Å². The summed E-state index contributed by atoms with van der Waals surface area (Å²) in [4.78, 5) is 14.8. The van der Waals surface area contributed by atoms with Crippen molar-refractivity contribution in [3.63, 3.8) is 0 Å². The maximum atomic E-state index is 10.8. The molecule has 2 aromatic rings. The summed E-state index contributed by atoms with van der Waals surface area (Å²) in [6.07, 6.45) is 3.59. The number of pyridine rings is 1. The van der Waals surface area contributed by atoms with Crippen molar-refractivity contribution in [3.05, 3.63) is 29.3 Å². The van der Waals surface area contributed by atoms with Crippen molar-refractivity contribution in [2.24, 2.45) is 5.73 Å². The van der Waals surface area contributed by atoms with Gasteiger partial charge in [0.25, 0.3) is 0 Å². The van der Waals surface area contributed by atoms with Crippen LogP contribution in [0.25, 0.3) is 11.4 Å². The Bertz CT molecular complexity index is 574. The number of nitrogens with zero attached hydrogens (tertiary/aromatic N) is 3. The summed E-state index contributed by atoms with van der Waals surface area (Å²) in [5.41, 5.74) is 5.96. The van der Waals surface area contributed by atoms with Crippen LogP contribution in [0.15, 0.2) is 24.5 Å². The zero-order valence-corrected chi connectivity index (χ0v) is 9.78. The fourth-order valence-corrected chi connectivity index (χ4v) is 1.69. The number of amides is 1. The Hall–Kier alpha value is -2.02. The van der Waals surface area contributed by atoms with Gasteiger partial charge in [0.1, 0.15) is 0 Å². The highest BCUT2D eigenvalue weighted by molar-refractivity contribution is 7.71. The van der Waals surface area contributed by atoms with E-state index < -0.39 is 0 Å². The number of primary amides is 1.